The maximum Gasteiger partial charge on any atom is 0.224 e. The van der Waals surface area contributed by atoms with Gasteiger partial charge < -0.3 is 20.1 Å². The second-order valence-corrected chi connectivity index (χ2v) is 7.33. The molecule has 1 aromatic carbocycles. The van der Waals surface area contributed by atoms with E-state index in [2.05, 4.69) is 10.3 Å². The number of ether oxygens (including phenoxy) is 1. The third-order valence-electron chi connectivity index (χ3n) is 5.08. The number of pyridine rings is 1. The first kappa shape index (κ1) is 19.2. The average molecular weight is 369 g/mol. The number of benzene rings is 1. The van der Waals surface area contributed by atoms with Gasteiger partial charge in [-0.1, -0.05) is 12.1 Å². The van der Waals surface area contributed by atoms with Gasteiger partial charge in [-0.3, -0.25) is 9.78 Å². The van der Waals surface area contributed by atoms with E-state index in [1.807, 2.05) is 49.3 Å². The smallest absolute Gasteiger partial charge is 0.224 e. The standard InChI is InChI=1S/C21H27N3O3/c1-24(2)17-6-4-14(5-7-17)8-20(26)23-21(15-9-18(25)10-15)16-11-19(27-3)13-22-12-16/h4-7,11-13,15,18,21,25H,8-10H2,1-3H3,(H,23,26). The normalized spacial score (nSPS) is 19.7. The number of aliphatic hydroxyl groups is 1. The van der Waals surface area contributed by atoms with Gasteiger partial charge in [0.15, 0.2) is 0 Å². The molecule has 0 spiro atoms. The first-order chi connectivity index (χ1) is 13.0. The number of anilines is 1. The van der Waals surface area contributed by atoms with Gasteiger partial charge in [-0.25, -0.2) is 0 Å². The van der Waals surface area contributed by atoms with Gasteiger partial charge in [0.1, 0.15) is 5.75 Å². The van der Waals surface area contributed by atoms with Crippen LogP contribution < -0.4 is 15.0 Å². The van der Waals surface area contributed by atoms with Gasteiger partial charge in [0, 0.05) is 26.0 Å². The van der Waals surface area contributed by atoms with Crippen LogP contribution >= 0.6 is 0 Å². The minimum atomic E-state index is -0.286. The molecule has 0 aliphatic heterocycles. The van der Waals surface area contributed by atoms with Gasteiger partial charge in [-0.15, -0.1) is 0 Å². The molecule has 27 heavy (non-hydrogen) atoms. The van der Waals surface area contributed by atoms with E-state index in [4.69, 9.17) is 4.74 Å². The molecule has 3 rings (SSSR count). The highest BCUT2D eigenvalue weighted by Gasteiger charge is 2.36. The van der Waals surface area contributed by atoms with Crippen LogP contribution in [0.3, 0.4) is 0 Å². The van der Waals surface area contributed by atoms with Crippen molar-refractivity contribution in [2.45, 2.75) is 31.4 Å². The molecule has 0 radical (unpaired) electrons. The van der Waals surface area contributed by atoms with E-state index in [0.717, 1.165) is 16.8 Å². The number of hydrogen-bond acceptors (Lipinski definition) is 5. The van der Waals surface area contributed by atoms with Crippen LogP contribution in [0.1, 0.15) is 30.0 Å². The number of amides is 1. The molecule has 1 aliphatic carbocycles. The summed E-state index contributed by atoms with van der Waals surface area (Å²) in [5.41, 5.74) is 2.97. The summed E-state index contributed by atoms with van der Waals surface area (Å²) in [5, 5.41) is 12.8. The second kappa shape index (κ2) is 8.39. The monoisotopic (exact) mass is 369 g/mol. The Morgan fingerprint density at radius 1 is 1.30 bits per heavy atom. The molecule has 1 atom stereocenters. The van der Waals surface area contributed by atoms with Crippen molar-refractivity contribution in [1.82, 2.24) is 10.3 Å². The van der Waals surface area contributed by atoms with Crippen molar-refractivity contribution in [3.8, 4) is 5.75 Å². The highest BCUT2D eigenvalue weighted by atomic mass is 16.5. The van der Waals surface area contributed by atoms with Crippen LogP contribution in [-0.4, -0.2) is 43.3 Å². The zero-order valence-electron chi connectivity index (χ0n) is 16.1. The molecule has 6 heteroatoms. The van der Waals surface area contributed by atoms with Crippen LogP contribution in [0.5, 0.6) is 5.75 Å². The third kappa shape index (κ3) is 4.77. The zero-order chi connectivity index (χ0) is 19.4. The van der Waals surface area contributed by atoms with E-state index in [1.165, 1.54) is 0 Å². The lowest BCUT2D eigenvalue weighted by Crippen LogP contribution is -2.41. The van der Waals surface area contributed by atoms with Gasteiger partial charge in [-0.05, 0) is 48.1 Å². The Morgan fingerprint density at radius 3 is 2.59 bits per heavy atom. The fourth-order valence-electron chi connectivity index (χ4n) is 3.41. The summed E-state index contributed by atoms with van der Waals surface area (Å²) in [4.78, 5) is 18.9. The lowest BCUT2D eigenvalue weighted by Gasteiger charge is -2.38. The summed E-state index contributed by atoms with van der Waals surface area (Å²) >= 11 is 0. The maximum absolute atomic E-state index is 12.7. The predicted octanol–water partition coefficient (Wildman–Crippen LogP) is 2.33. The lowest BCUT2D eigenvalue weighted by atomic mass is 9.75. The molecule has 1 saturated carbocycles. The highest BCUT2D eigenvalue weighted by Crippen LogP contribution is 2.38. The fourth-order valence-corrected chi connectivity index (χ4v) is 3.41. The molecule has 144 valence electrons. The van der Waals surface area contributed by atoms with Crippen molar-refractivity contribution in [3.05, 3.63) is 53.9 Å². The van der Waals surface area contributed by atoms with Crippen molar-refractivity contribution >= 4 is 11.6 Å². The number of nitrogens with zero attached hydrogens (tertiary/aromatic N) is 2. The molecule has 1 heterocycles. The molecule has 1 unspecified atom stereocenters. The SMILES string of the molecule is COc1cncc(C(NC(=O)Cc2ccc(N(C)C)cc2)C2CC(O)C2)c1. The van der Waals surface area contributed by atoms with Gasteiger partial charge in [0.25, 0.3) is 0 Å². The molecule has 1 amide bonds. The second-order valence-electron chi connectivity index (χ2n) is 7.33. The Hall–Kier alpha value is -2.60. The van der Waals surface area contributed by atoms with Crippen molar-refractivity contribution in [3.63, 3.8) is 0 Å². The molecule has 2 N–H and O–H groups in total. The quantitative estimate of drug-likeness (QED) is 0.784. The average Bonchev–Trinajstić information content (AvgIpc) is 2.64. The Balaban J connectivity index is 1.70. The van der Waals surface area contributed by atoms with E-state index in [1.54, 1.807) is 19.5 Å². The first-order valence-electron chi connectivity index (χ1n) is 9.19. The van der Waals surface area contributed by atoms with Gasteiger partial charge >= 0.3 is 0 Å². The summed E-state index contributed by atoms with van der Waals surface area (Å²) in [6.07, 6.45) is 4.79. The summed E-state index contributed by atoms with van der Waals surface area (Å²) in [5.74, 6) is 0.821. The molecule has 2 aromatic rings. The molecule has 1 aliphatic rings. The Bertz CT molecular complexity index is 770. The highest BCUT2D eigenvalue weighted by molar-refractivity contribution is 5.79. The van der Waals surface area contributed by atoms with Crippen LogP contribution in [0.25, 0.3) is 0 Å². The third-order valence-corrected chi connectivity index (χ3v) is 5.08. The molecule has 0 saturated heterocycles. The largest absolute Gasteiger partial charge is 0.495 e. The molecular formula is C21H27N3O3. The van der Waals surface area contributed by atoms with Crippen molar-refractivity contribution in [1.29, 1.82) is 0 Å². The van der Waals surface area contributed by atoms with Gasteiger partial charge in [-0.2, -0.15) is 0 Å². The number of carbonyl (C=O) groups is 1. The van der Waals surface area contributed by atoms with Gasteiger partial charge in [0.2, 0.25) is 5.91 Å². The molecule has 1 fully saturated rings. The minimum absolute atomic E-state index is 0.0400. The number of aliphatic hydroxyl groups excluding tert-OH is 1. The summed E-state index contributed by atoms with van der Waals surface area (Å²) in [6.45, 7) is 0. The summed E-state index contributed by atoms with van der Waals surface area (Å²) in [7, 11) is 5.57. The van der Waals surface area contributed by atoms with Crippen LogP contribution in [0.15, 0.2) is 42.7 Å². The number of rotatable bonds is 7. The topological polar surface area (TPSA) is 74.7 Å². The molecule has 6 nitrogen and oxygen atoms in total. The number of nitrogens with one attached hydrogen (secondary N) is 1. The van der Waals surface area contributed by atoms with E-state index < -0.39 is 0 Å². The van der Waals surface area contributed by atoms with E-state index >= 15 is 0 Å². The van der Waals surface area contributed by atoms with Crippen LogP contribution in [0, 0.1) is 5.92 Å². The number of hydrogen-bond donors (Lipinski definition) is 2. The van der Waals surface area contributed by atoms with Crippen molar-refractivity contribution < 1.29 is 14.6 Å². The van der Waals surface area contributed by atoms with Crippen LogP contribution in [0.4, 0.5) is 5.69 Å². The summed E-state index contributed by atoms with van der Waals surface area (Å²) in [6, 6.07) is 9.69. The predicted molar refractivity (Wildman–Crippen MR) is 105 cm³/mol. The number of aromatic nitrogens is 1. The van der Waals surface area contributed by atoms with E-state index in [0.29, 0.717) is 25.0 Å². The minimum Gasteiger partial charge on any atom is -0.495 e. The zero-order valence-corrected chi connectivity index (χ0v) is 16.1. The molecular weight excluding hydrogens is 342 g/mol. The number of methoxy groups -OCH3 is 1. The van der Waals surface area contributed by atoms with E-state index in [-0.39, 0.29) is 24.0 Å². The Labute approximate surface area is 160 Å². The van der Waals surface area contributed by atoms with Crippen molar-refractivity contribution in [2.75, 3.05) is 26.1 Å². The van der Waals surface area contributed by atoms with E-state index in [9.17, 15) is 9.90 Å². The van der Waals surface area contributed by atoms with Gasteiger partial charge in [0.05, 0.1) is 31.9 Å². The summed E-state index contributed by atoms with van der Waals surface area (Å²) < 4.78 is 5.26. The molecule has 1 aromatic heterocycles. The molecule has 0 bridgehead atoms. The maximum atomic E-state index is 12.7. The van der Waals surface area contributed by atoms with Crippen molar-refractivity contribution in [2.24, 2.45) is 5.92 Å². The Kier molecular flexibility index (Phi) is 5.96. The number of carbonyl (C=O) groups excluding carboxylic acids is 1. The van der Waals surface area contributed by atoms with Crippen LogP contribution in [-0.2, 0) is 11.2 Å². The lowest BCUT2D eigenvalue weighted by molar-refractivity contribution is -0.122. The Morgan fingerprint density at radius 2 is 2.00 bits per heavy atom. The first-order valence-corrected chi connectivity index (χ1v) is 9.19. The fraction of sp³-hybridized carbons (Fsp3) is 0.429. The van der Waals surface area contributed by atoms with Crippen LogP contribution in [0.2, 0.25) is 0 Å².